The molecule has 0 aliphatic carbocycles. The standard InChI is InChI=1S/C22H24FN7O2/c1-13(21-28-15-7-6-14(23)19-18(15)29(21)8-4-10-32-19)27-20-17-22(25-11-24-20)30(12-26-17)16-5-2-3-9-31-16/h6-7,11-13,16H,2-5,8-10H2,1H3,(H,24,25,27)/t13-,16?/m0/s1. The molecule has 0 radical (unpaired) electrons. The van der Waals surface area contributed by atoms with E-state index in [1.165, 1.54) is 12.4 Å². The Balaban J connectivity index is 1.36. The molecular weight excluding hydrogens is 413 g/mol. The van der Waals surface area contributed by atoms with Crippen LogP contribution in [0.15, 0.2) is 24.8 Å². The summed E-state index contributed by atoms with van der Waals surface area (Å²) in [6.45, 7) is 3.95. The highest BCUT2D eigenvalue weighted by molar-refractivity contribution is 5.84. The molecule has 2 atom stereocenters. The minimum Gasteiger partial charge on any atom is -0.488 e. The van der Waals surface area contributed by atoms with Crippen LogP contribution < -0.4 is 10.1 Å². The molecule has 0 bridgehead atoms. The molecule has 0 saturated carbocycles. The summed E-state index contributed by atoms with van der Waals surface area (Å²) in [5.41, 5.74) is 2.86. The van der Waals surface area contributed by atoms with Crippen molar-refractivity contribution in [2.24, 2.45) is 0 Å². The maximum atomic E-state index is 14.4. The van der Waals surface area contributed by atoms with Crippen molar-refractivity contribution in [3.63, 3.8) is 0 Å². The first-order chi connectivity index (χ1) is 15.7. The van der Waals surface area contributed by atoms with Gasteiger partial charge in [0.1, 0.15) is 23.9 Å². The van der Waals surface area contributed by atoms with E-state index in [1.54, 1.807) is 12.4 Å². The molecule has 1 aromatic carbocycles. The first-order valence-electron chi connectivity index (χ1n) is 11.1. The predicted octanol–water partition coefficient (Wildman–Crippen LogP) is 3.97. The first kappa shape index (κ1) is 19.4. The zero-order chi connectivity index (χ0) is 21.7. The van der Waals surface area contributed by atoms with Crippen molar-refractivity contribution in [2.75, 3.05) is 18.5 Å². The Morgan fingerprint density at radius 2 is 2.09 bits per heavy atom. The first-order valence-corrected chi connectivity index (χ1v) is 11.1. The molecule has 10 heteroatoms. The van der Waals surface area contributed by atoms with Gasteiger partial charge in [-0.25, -0.2) is 24.3 Å². The van der Waals surface area contributed by atoms with Gasteiger partial charge in [0.15, 0.2) is 28.5 Å². The molecule has 3 aromatic heterocycles. The number of nitrogens with one attached hydrogen (secondary N) is 1. The van der Waals surface area contributed by atoms with Crippen LogP contribution in [0.3, 0.4) is 0 Å². The summed E-state index contributed by atoms with van der Waals surface area (Å²) in [7, 11) is 0. The van der Waals surface area contributed by atoms with Crippen LogP contribution in [0.1, 0.15) is 50.7 Å². The summed E-state index contributed by atoms with van der Waals surface area (Å²) in [5, 5.41) is 3.45. The van der Waals surface area contributed by atoms with E-state index < -0.39 is 0 Å². The summed E-state index contributed by atoms with van der Waals surface area (Å²) in [5.74, 6) is 1.36. The van der Waals surface area contributed by atoms with Crippen molar-refractivity contribution in [1.29, 1.82) is 0 Å². The minimum absolute atomic E-state index is 0.0481. The third-order valence-corrected chi connectivity index (χ3v) is 6.18. The zero-order valence-electron chi connectivity index (χ0n) is 17.8. The zero-order valence-corrected chi connectivity index (χ0v) is 17.8. The maximum Gasteiger partial charge on any atom is 0.180 e. The van der Waals surface area contributed by atoms with E-state index in [2.05, 4.69) is 20.3 Å². The Labute approximate surface area is 183 Å². The van der Waals surface area contributed by atoms with Crippen LogP contribution in [0.5, 0.6) is 5.75 Å². The van der Waals surface area contributed by atoms with Gasteiger partial charge in [0.2, 0.25) is 0 Å². The number of benzene rings is 1. The molecule has 1 fully saturated rings. The average molecular weight is 437 g/mol. The van der Waals surface area contributed by atoms with E-state index in [0.29, 0.717) is 30.0 Å². The maximum absolute atomic E-state index is 14.4. The molecular formula is C22H24FN7O2. The van der Waals surface area contributed by atoms with Crippen LogP contribution in [0, 0.1) is 5.82 Å². The Morgan fingerprint density at radius 1 is 1.16 bits per heavy atom. The van der Waals surface area contributed by atoms with Crippen LogP contribution in [-0.2, 0) is 11.3 Å². The van der Waals surface area contributed by atoms with Gasteiger partial charge in [-0.2, -0.15) is 0 Å². The smallest absolute Gasteiger partial charge is 0.180 e. The fraction of sp³-hybridized carbons (Fsp3) is 0.455. The van der Waals surface area contributed by atoms with Crippen molar-refractivity contribution in [3.05, 3.63) is 36.4 Å². The number of nitrogens with zero attached hydrogens (tertiary/aromatic N) is 6. The molecule has 32 heavy (non-hydrogen) atoms. The number of imidazole rings is 2. The quantitative estimate of drug-likeness (QED) is 0.516. The number of hydrogen-bond acceptors (Lipinski definition) is 7. The molecule has 0 amide bonds. The SMILES string of the molecule is C[C@H](Nc1ncnc2c1ncn2C1CCCCO1)c1nc2ccc(F)c3c2n1CCCO3. The summed E-state index contributed by atoms with van der Waals surface area (Å²) in [4.78, 5) is 18.3. The third kappa shape index (κ3) is 3.09. The van der Waals surface area contributed by atoms with Gasteiger partial charge in [-0.3, -0.25) is 4.57 Å². The lowest BCUT2D eigenvalue weighted by Crippen LogP contribution is -2.18. The molecule has 5 heterocycles. The van der Waals surface area contributed by atoms with Gasteiger partial charge in [-0.1, -0.05) is 0 Å². The van der Waals surface area contributed by atoms with Crippen LogP contribution in [0.2, 0.25) is 0 Å². The average Bonchev–Trinajstić information content (AvgIpc) is 3.34. The monoisotopic (exact) mass is 437 g/mol. The normalized spacial score (nSPS) is 19.6. The fourth-order valence-electron chi connectivity index (χ4n) is 4.66. The molecule has 9 nitrogen and oxygen atoms in total. The second-order valence-electron chi connectivity index (χ2n) is 8.30. The van der Waals surface area contributed by atoms with Crippen molar-refractivity contribution >= 4 is 28.0 Å². The van der Waals surface area contributed by atoms with Crippen LogP contribution in [-0.4, -0.2) is 42.3 Å². The predicted molar refractivity (Wildman–Crippen MR) is 116 cm³/mol. The lowest BCUT2D eigenvalue weighted by Gasteiger charge is -2.23. The molecule has 0 spiro atoms. The Bertz CT molecular complexity index is 1290. The van der Waals surface area contributed by atoms with E-state index in [1.807, 2.05) is 16.1 Å². The number of hydrogen-bond donors (Lipinski definition) is 1. The molecule has 4 aromatic rings. The van der Waals surface area contributed by atoms with E-state index >= 15 is 0 Å². The number of rotatable bonds is 4. The van der Waals surface area contributed by atoms with E-state index in [0.717, 1.165) is 49.3 Å². The lowest BCUT2D eigenvalue weighted by molar-refractivity contribution is -0.0298. The number of aromatic nitrogens is 6. The minimum atomic E-state index is -0.360. The van der Waals surface area contributed by atoms with E-state index in [-0.39, 0.29) is 23.8 Å². The second kappa shape index (κ2) is 7.70. The Morgan fingerprint density at radius 3 is 2.97 bits per heavy atom. The van der Waals surface area contributed by atoms with Gasteiger partial charge in [-0.15, -0.1) is 0 Å². The number of anilines is 1. The number of ether oxygens (including phenoxy) is 2. The molecule has 2 aliphatic heterocycles. The topological polar surface area (TPSA) is 91.9 Å². The largest absolute Gasteiger partial charge is 0.488 e. The van der Waals surface area contributed by atoms with Crippen LogP contribution in [0.25, 0.3) is 22.2 Å². The van der Waals surface area contributed by atoms with Crippen molar-refractivity contribution < 1.29 is 13.9 Å². The van der Waals surface area contributed by atoms with Gasteiger partial charge in [0.05, 0.1) is 24.5 Å². The van der Waals surface area contributed by atoms with Gasteiger partial charge in [0.25, 0.3) is 0 Å². The molecule has 1 unspecified atom stereocenters. The third-order valence-electron chi connectivity index (χ3n) is 6.18. The van der Waals surface area contributed by atoms with Gasteiger partial charge < -0.3 is 19.4 Å². The highest BCUT2D eigenvalue weighted by atomic mass is 19.1. The lowest BCUT2D eigenvalue weighted by atomic mass is 10.2. The van der Waals surface area contributed by atoms with Crippen LogP contribution >= 0.6 is 0 Å². The van der Waals surface area contributed by atoms with Gasteiger partial charge in [0, 0.05) is 13.2 Å². The number of fused-ring (bicyclic) bond motifs is 1. The molecule has 2 aliphatic rings. The summed E-state index contributed by atoms with van der Waals surface area (Å²) in [6.07, 6.45) is 7.20. The summed E-state index contributed by atoms with van der Waals surface area (Å²) >= 11 is 0. The van der Waals surface area contributed by atoms with E-state index in [4.69, 9.17) is 14.5 Å². The summed E-state index contributed by atoms with van der Waals surface area (Å²) in [6, 6.07) is 2.92. The number of halogens is 1. The van der Waals surface area contributed by atoms with Crippen molar-refractivity contribution in [1.82, 2.24) is 29.1 Å². The molecule has 166 valence electrons. The molecule has 6 rings (SSSR count). The highest BCUT2D eigenvalue weighted by Gasteiger charge is 2.25. The highest BCUT2D eigenvalue weighted by Crippen LogP contribution is 2.35. The fourth-order valence-corrected chi connectivity index (χ4v) is 4.66. The Hall–Kier alpha value is -3.27. The van der Waals surface area contributed by atoms with Crippen molar-refractivity contribution in [3.8, 4) is 5.75 Å². The molecule has 1 saturated heterocycles. The van der Waals surface area contributed by atoms with Crippen molar-refractivity contribution in [2.45, 2.75) is 51.4 Å². The molecule has 1 N–H and O–H groups in total. The van der Waals surface area contributed by atoms with Crippen LogP contribution in [0.4, 0.5) is 10.2 Å². The second-order valence-corrected chi connectivity index (χ2v) is 8.30. The van der Waals surface area contributed by atoms with Gasteiger partial charge in [-0.05, 0) is 44.7 Å². The summed E-state index contributed by atoms with van der Waals surface area (Å²) < 4.78 is 30.0. The number of aryl methyl sites for hydroxylation is 1. The van der Waals surface area contributed by atoms with E-state index in [9.17, 15) is 4.39 Å². The Kier molecular flexibility index (Phi) is 4.67. The van der Waals surface area contributed by atoms with Gasteiger partial charge >= 0.3 is 0 Å².